The topological polar surface area (TPSA) is 50.4 Å². The zero-order valence-electron chi connectivity index (χ0n) is 9.83. The first kappa shape index (κ1) is 11.9. The summed E-state index contributed by atoms with van der Waals surface area (Å²) in [7, 11) is 0. The highest BCUT2D eigenvalue weighted by Crippen LogP contribution is 2.28. The molecule has 0 atom stereocenters. The summed E-state index contributed by atoms with van der Waals surface area (Å²) in [6.45, 7) is 0. The minimum Gasteiger partial charge on any atom is -0.508 e. The molecule has 0 bridgehead atoms. The molecule has 1 N–H and O–H groups in total. The second-order valence-electron chi connectivity index (χ2n) is 4.16. The summed E-state index contributed by atoms with van der Waals surface area (Å²) in [6.07, 6.45) is 0. The Morgan fingerprint density at radius 1 is 1.05 bits per heavy atom. The molecule has 0 fully saturated rings. The van der Waals surface area contributed by atoms with Gasteiger partial charge in [-0.25, -0.2) is 0 Å². The van der Waals surface area contributed by atoms with Crippen molar-refractivity contribution in [3.05, 3.63) is 58.8 Å². The summed E-state index contributed by atoms with van der Waals surface area (Å²) in [5.41, 5.74) is 1.36. The molecule has 2 aromatic carbocycles. The molecule has 4 heteroatoms. The van der Waals surface area contributed by atoms with Crippen LogP contribution in [0.15, 0.2) is 62.8 Å². The lowest BCUT2D eigenvalue weighted by Gasteiger charge is -2.06. The van der Waals surface area contributed by atoms with E-state index in [9.17, 15) is 9.90 Å². The van der Waals surface area contributed by atoms with Gasteiger partial charge in [-0.15, -0.1) is 12.6 Å². The highest BCUT2D eigenvalue weighted by Gasteiger charge is 2.14. The van der Waals surface area contributed by atoms with Gasteiger partial charge in [-0.1, -0.05) is 30.3 Å². The van der Waals surface area contributed by atoms with Crippen molar-refractivity contribution in [3.63, 3.8) is 0 Å². The monoisotopic (exact) mass is 270 g/mol. The molecule has 0 radical (unpaired) electrons. The van der Waals surface area contributed by atoms with E-state index in [0.29, 0.717) is 16.5 Å². The third-order valence-electron chi connectivity index (χ3n) is 2.92. The van der Waals surface area contributed by atoms with Crippen molar-refractivity contribution in [2.45, 2.75) is 5.09 Å². The number of phenols is 1. The van der Waals surface area contributed by atoms with Crippen LogP contribution in [-0.4, -0.2) is 5.11 Å². The second kappa shape index (κ2) is 4.48. The fraction of sp³-hybridized carbons (Fsp3) is 0. The van der Waals surface area contributed by atoms with Crippen LogP contribution in [0.3, 0.4) is 0 Å². The van der Waals surface area contributed by atoms with Gasteiger partial charge in [0.25, 0.3) is 0 Å². The number of phenolic OH excluding ortho intramolecular Hbond substituents is 1. The molecule has 94 valence electrons. The van der Waals surface area contributed by atoms with E-state index in [1.807, 2.05) is 30.3 Å². The van der Waals surface area contributed by atoms with E-state index in [-0.39, 0.29) is 16.3 Å². The Hall–Kier alpha value is -2.20. The largest absolute Gasteiger partial charge is 0.508 e. The number of thiol groups is 1. The van der Waals surface area contributed by atoms with Gasteiger partial charge in [-0.2, -0.15) is 0 Å². The predicted molar refractivity (Wildman–Crippen MR) is 76.8 cm³/mol. The molecule has 1 aromatic heterocycles. The summed E-state index contributed by atoms with van der Waals surface area (Å²) in [4.78, 5) is 12.5. The smallest absolute Gasteiger partial charge is 0.201 e. The van der Waals surface area contributed by atoms with Crippen molar-refractivity contribution >= 4 is 23.6 Å². The Balaban J connectivity index is 2.41. The molecule has 0 amide bonds. The van der Waals surface area contributed by atoms with Crippen LogP contribution >= 0.6 is 12.6 Å². The molecule has 3 rings (SSSR count). The summed E-state index contributed by atoms with van der Waals surface area (Å²) >= 11 is 4.25. The van der Waals surface area contributed by atoms with Crippen LogP contribution in [0.4, 0.5) is 0 Å². The predicted octanol–water partition coefficient (Wildman–Crippen LogP) is 3.45. The number of benzene rings is 2. The lowest BCUT2D eigenvalue weighted by atomic mass is 10.1. The quantitative estimate of drug-likeness (QED) is 0.666. The van der Waals surface area contributed by atoms with Crippen LogP contribution in [0.1, 0.15) is 0 Å². The van der Waals surface area contributed by atoms with E-state index >= 15 is 0 Å². The SMILES string of the molecule is O=c1c(-c2ccccc2)c(S)oc2ccc(O)cc12. The fourth-order valence-corrected chi connectivity index (χ4v) is 2.36. The first-order valence-electron chi connectivity index (χ1n) is 5.71. The number of aromatic hydroxyl groups is 1. The molecular formula is C15H10O3S. The van der Waals surface area contributed by atoms with Gasteiger partial charge in [0.1, 0.15) is 11.3 Å². The first-order valence-corrected chi connectivity index (χ1v) is 6.16. The van der Waals surface area contributed by atoms with Crippen molar-refractivity contribution in [2.24, 2.45) is 0 Å². The van der Waals surface area contributed by atoms with E-state index in [1.165, 1.54) is 12.1 Å². The van der Waals surface area contributed by atoms with Gasteiger partial charge in [0, 0.05) is 0 Å². The maximum Gasteiger partial charge on any atom is 0.201 e. The molecule has 1 heterocycles. The van der Waals surface area contributed by atoms with Gasteiger partial charge < -0.3 is 9.52 Å². The lowest BCUT2D eigenvalue weighted by Crippen LogP contribution is -2.06. The highest BCUT2D eigenvalue weighted by molar-refractivity contribution is 7.80. The van der Waals surface area contributed by atoms with Crippen molar-refractivity contribution in [2.75, 3.05) is 0 Å². The molecule has 0 saturated heterocycles. The van der Waals surface area contributed by atoms with Gasteiger partial charge in [0.05, 0.1) is 10.9 Å². The van der Waals surface area contributed by atoms with Gasteiger partial charge in [0.2, 0.25) is 5.43 Å². The molecule has 3 nitrogen and oxygen atoms in total. The molecule has 0 saturated carbocycles. The molecule has 19 heavy (non-hydrogen) atoms. The molecule has 0 aliphatic heterocycles. The Morgan fingerprint density at radius 3 is 2.53 bits per heavy atom. The van der Waals surface area contributed by atoms with Crippen molar-refractivity contribution in [3.8, 4) is 16.9 Å². The minimum atomic E-state index is -0.201. The van der Waals surface area contributed by atoms with E-state index in [0.717, 1.165) is 5.56 Å². The summed E-state index contributed by atoms with van der Waals surface area (Å²) < 4.78 is 5.54. The Morgan fingerprint density at radius 2 is 1.79 bits per heavy atom. The molecular weight excluding hydrogens is 260 g/mol. The summed E-state index contributed by atoms with van der Waals surface area (Å²) in [6, 6.07) is 13.6. The zero-order valence-corrected chi connectivity index (χ0v) is 10.7. The molecule has 0 aliphatic carbocycles. The number of hydrogen-bond donors (Lipinski definition) is 2. The highest BCUT2D eigenvalue weighted by atomic mass is 32.1. The zero-order chi connectivity index (χ0) is 13.4. The number of fused-ring (bicyclic) bond motifs is 1. The molecule has 0 unspecified atom stereocenters. The van der Waals surface area contributed by atoms with Crippen LogP contribution < -0.4 is 5.43 Å². The van der Waals surface area contributed by atoms with E-state index in [2.05, 4.69) is 12.6 Å². The third-order valence-corrected chi connectivity index (χ3v) is 3.23. The van der Waals surface area contributed by atoms with Crippen LogP contribution in [0, 0.1) is 0 Å². The van der Waals surface area contributed by atoms with Gasteiger partial charge in [-0.05, 0) is 23.8 Å². The maximum absolute atomic E-state index is 12.5. The Bertz CT molecular complexity index is 807. The average Bonchev–Trinajstić information content (AvgIpc) is 2.41. The fourth-order valence-electron chi connectivity index (χ4n) is 2.03. The molecule has 0 aliphatic rings. The molecule has 3 aromatic rings. The number of rotatable bonds is 1. The Labute approximate surface area is 114 Å². The van der Waals surface area contributed by atoms with Crippen molar-refractivity contribution in [1.29, 1.82) is 0 Å². The summed E-state index contributed by atoms with van der Waals surface area (Å²) in [5.74, 6) is 0.0331. The Kier molecular flexibility index (Phi) is 2.80. The van der Waals surface area contributed by atoms with Crippen LogP contribution in [0.2, 0.25) is 0 Å². The average molecular weight is 270 g/mol. The van der Waals surface area contributed by atoms with Gasteiger partial charge >= 0.3 is 0 Å². The van der Waals surface area contributed by atoms with E-state index < -0.39 is 0 Å². The van der Waals surface area contributed by atoms with Crippen LogP contribution in [-0.2, 0) is 0 Å². The number of hydrogen-bond acceptors (Lipinski definition) is 4. The van der Waals surface area contributed by atoms with E-state index in [1.54, 1.807) is 6.07 Å². The second-order valence-corrected chi connectivity index (χ2v) is 4.56. The van der Waals surface area contributed by atoms with Gasteiger partial charge in [0.15, 0.2) is 5.09 Å². The summed E-state index contributed by atoms with van der Waals surface area (Å²) in [5, 5.41) is 10.1. The van der Waals surface area contributed by atoms with Crippen LogP contribution in [0.5, 0.6) is 5.75 Å². The van der Waals surface area contributed by atoms with Crippen LogP contribution in [0.25, 0.3) is 22.1 Å². The maximum atomic E-state index is 12.5. The first-order chi connectivity index (χ1) is 9.16. The standard InChI is InChI=1S/C15H10O3S/c16-10-6-7-12-11(8-10)14(17)13(15(19)18-12)9-4-2-1-3-5-9/h1-8,16,19H. The third kappa shape index (κ3) is 2.00. The van der Waals surface area contributed by atoms with Crippen molar-refractivity contribution in [1.82, 2.24) is 0 Å². The normalized spacial score (nSPS) is 10.8. The van der Waals surface area contributed by atoms with E-state index in [4.69, 9.17) is 4.42 Å². The minimum absolute atomic E-state index is 0.0331. The van der Waals surface area contributed by atoms with Gasteiger partial charge in [-0.3, -0.25) is 4.79 Å². The van der Waals surface area contributed by atoms with Crippen molar-refractivity contribution < 1.29 is 9.52 Å². The molecule has 0 spiro atoms. The lowest BCUT2D eigenvalue weighted by molar-refractivity contribution is 0.473.